The summed E-state index contributed by atoms with van der Waals surface area (Å²) in [5.41, 5.74) is 0. The quantitative estimate of drug-likeness (QED) is 0.753. The SMILES string of the molecule is O=C(CCC1CCCCO1)CC1CCCC(F)(F)C1. The van der Waals surface area contributed by atoms with E-state index in [2.05, 4.69) is 0 Å². The zero-order chi connectivity index (χ0) is 13.7. The summed E-state index contributed by atoms with van der Waals surface area (Å²) in [5.74, 6) is -2.52. The van der Waals surface area contributed by atoms with Gasteiger partial charge in [0.1, 0.15) is 5.78 Å². The number of halogens is 2. The van der Waals surface area contributed by atoms with E-state index in [0.29, 0.717) is 19.3 Å². The van der Waals surface area contributed by atoms with Crippen LogP contribution in [0.4, 0.5) is 8.78 Å². The van der Waals surface area contributed by atoms with E-state index in [1.54, 1.807) is 0 Å². The highest BCUT2D eigenvalue weighted by Gasteiger charge is 2.36. The molecule has 110 valence electrons. The van der Waals surface area contributed by atoms with Crippen LogP contribution in [0.1, 0.15) is 64.2 Å². The highest BCUT2D eigenvalue weighted by Crippen LogP contribution is 2.38. The molecule has 2 unspecified atom stereocenters. The second-order valence-corrected chi connectivity index (χ2v) is 6.09. The molecule has 2 fully saturated rings. The van der Waals surface area contributed by atoms with Crippen molar-refractivity contribution in [1.29, 1.82) is 0 Å². The summed E-state index contributed by atoms with van der Waals surface area (Å²) in [4.78, 5) is 11.9. The maximum absolute atomic E-state index is 13.3. The minimum atomic E-state index is -2.55. The molecular weight excluding hydrogens is 250 g/mol. The zero-order valence-corrected chi connectivity index (χ0v) is 11.5. The maximum Gasteiger partial charge on any atom is 0.248 e. The number of hydrogen-bond acceptors (Lipinski definition) is 2. The molecule has 0 spiro atoms. The molecule has 2 nitrogen and oxygen atoms in total. The summed E-state index contributed by atoms with van der Waals surface area (Å²) in [6.07, 6.45) is 6.36. The van der Waals surface area contributed by atoms with Crippen LogP contribution in [0.15, 0.2) is 0 Å². The Kier molecular flexibility index (Phi) is 5.31. The van der Waals surface area contributed by atoms with E-state index in [9.17, 15) is 13.6 Å². The number of ketones is 1. The molecule has 2 aliphatic rings. The number of carbonyl (C=O) groups is 1. The zero-order valence-electron chi connectivity index (χ0n) is 11.5. The second-order valence-electron chi connectivity index (χ2n) is 6.09. The first-order chi connectivity index (χ1) is 9.05. The molecule has 0 radical (unpaired) electrons. The summed E-state index contributed by atoms with van der Waals surface area (Å²) >= 11 is 0. The predicted molar refractivity (Wildman–Crippen MR) is 69.4 cm³/mol. The fourth-order valence-corrected chi connectivity index (χ4v) is 3.23. The molecule has 0 amide bonds. The molecule has 1 saturated carbocycles. The van der Waals surface area contributed by atoms with Gasteiger partial charge in [-0.25, -0.2) is 8.78 Å². The minimum absolute atomic E-state index is 0.00634. The van der Waals surface area contributed by atoms with Crippen LogP contribution in [-0.4, -0.2) is 24.4 Å². The van der Waals surface area contributed by atoms with E-state index in [-0.39, 0.29) is 30.6 Å². The van der Waals surface area contributed by atoms with Gasteiger partial charge in [-0.3, -0.25) is 4.79 Å². The molecule has 1 saturated heterocycles. The van der Waals surface area contributed by atoms with Crippen molar-refractivity contribution < 1.29 is 18.3 Å². The van der Waals surface area contributed by atoms with Crippen molar-refractivity contribution in [2.75, 3.05) is 6.61 Å². The molecule has 0 N–H and O–H groups in total. The monoisotopic (exact) mass is 274 g/mol. The van der Waals surface area contributed by atoms with E-state index in [0.717, 1.165) is 32.3 Å². The van der Waals surface area contributed by atoms with Gasteiger partial charge in [-0.2, -0.15) is 0 Å². The number of ether oxygens (including phenoxy) is 1. The average Bonchev–Trinajstić information content (AvgIpc) is 2.36. The standard InChI is InChI=1S/C15H24F2O2/c16-15(17)8-3-4-12(11-15)10-13(18)6-7-14-5-1-2-9-19-14/h12,14H,1-11H2. The van der Waals surface area contributed by atoms with Crippen LogP contribution in [0, 0.1) is 5.92 Å². The molecule has 0 aromatic rings. The summed E-state index contributed by atoms with van der Waals surface area (Å²) in [5, 5.41) is 0. The Morgan fingerprint density at radius 1 is 1.21 bits per heavy atom. The van der Waals surface area contributed by atoms with Crippen LogP contribution in [-0.2, 0) is 9.53 Å². The fourth-order valence-electron chi connectivity index (χ4n) is 3.23. The lowest BCUT2D eigenvalue weighted by molar-refractivity contribution is -0.122. The second kappa shape index (κ2) is 6.78. The topological polar surface area (TPSA) is 26.3 Å². The third-order valence-corrected chi connectivity index (χ3v) is 4.28. The molecule has 0 aromatic carbocycles. The van der Waals surface area contributed by atoms with Crippen molar-refractivity contribution >= 4 is 5.78 Å². The molecule has 19 heavy (non-hydrogen) atoms. The van der Waals surface area contributed by atoms with Gasteiger partial charge >= 0.3 is 0 Å². The Bertz CT molecular complexity index is 299. The number of hydrogen-bond donors (Lipinski definition) is 0. The minimum Gasteiger partial charge on any atom is -0.378 e. The lowest BCUT2D eigenvalue weighted by atomic mass is 9.83. The van der Waals surface area contributed by atoms with Crippen molar-refractivity contribution in [3.63, 3.8) is 0 Å². The van der Waals surface area contributed by atoms with Crippen molar-refractivity contribution in [1.82, 2.24) is 0 Å². The number of carbonyl (C=O) groups excluding carboxylic acids is 1. The Morgan fingerprint density at radius 3 is 2.74 bits per heavy atom. The van der Waals surface area contributed by atoms with Gasteiger partial charge in [0.05, 0.1) is 6.10 Å². The predicted octanol–water partition coefficient (Wildman–Crippen LogP) is 4.12. The summed E-state index contributed by atoms with van der Waals surface area (Å²) in [6, 6.07) is 0. The summed E-state index contributed by atoms with van der Waals surface area (Å²) < 4.78 is 32.1. The lowest BCUT2D eigenvalue weighted by Gasteiger charge is -2.28. The Balaban J connectivity index is 1.66. The average molecular weight is 274 g/mol. The molecule has 1 heterocycles. The van der Waals surface area contributed by atoms with Gasteiger partial charge in [0.2, 0.25) is 5.92 Å². The first kappa shape index (κ1) is 14.9. The first-order valence-corrected chi connectivity index (χ1v) is 7.56. The van der Waals surface area contributed by atoms with Crippen molar-refractivity contribution in [3.8, 4) is 0 Å². The van der Waals surface area contributed by atoms with Gasteiger partial charge in [-0.1, -0.05) is 0 Å². The third kappa shape index (κ3) is 5.17. The molecule has 2 rings (SSSR count). The van der Waals surface area contributed by atoms with Gasteiger partial charge in [0.25, 0.3) is 0 Å². The summed E-state index contributed by atoms with van der Waals surface area (Å²) in [7, 11) is 0. The Labute approximate surface area is 113 Å². The first-order valence-electron chi connectivity index (χ1n) is 7.56. The van der Waals surface area contributed by atoms with E-state index >= 15 is 0 Å². The number of Topliss-reactive ketones (excluding diaryl/α,β-unsaturated/α-hetero) is 1. The van der Waals surface area contributed by atoms with Gasteiger partial charge in [-0.15, -0.1) is 0 Å². The molecule has 1 aliphatic heterocycles. The van der Waals surface area contributed by atoms with Crippen LogP contribution in [0.25, 0.3) is 0 Å². The summed E-state index contributed by atoms with van der Waals surface area (Å²) in [6.45, 7) is 0.799. The van der Waals surface area contributed by atoms with Crippen LogP contribution in [0.3, 0.4) is 0 Å². The lowest BCUT2D eigenvalue weighted by Crippen LogP contribution is -2.27. The smallest absolute Gasteiger partial charge is 0.248 e. The fraction of sp³-hybridized carbons (Fsp3) is 0.933. The molecule has 2 atom stereocenters. The van der Waals surface area contributed by atoms with E-state index < -0.39 is 5.92 Å². The molecule has 1 aliphatic carbocycles. The van der Waals surface area contributed by atoms with Crippen LogP contribution in [0.5, 0.6) is 0 Å². The van der Waals surface area contributed by atoms with Gasteiger partial charge in [0.15, 0.2) is 0 Å². The highest BCUT2D eigenvalue weighted by atomic mass is 19.3. The third-order valence-electron chi connectivity index (χ3n) is 4.28. The van der Waals surface area contributed by atoms with Gasteiger partial charge in [0, 0.05) is 32.3 Å². The van der Waals surface area contributed by atoms with Gasteiger partial charge in [-0.05, 0) is 44.4 Å². The van der Waals surface area contributed by atoms with Crippen LogP contribution >= 0.6 is 0 Å². The normalized spacial score (nSPS) is 31.1. The van der Waals surface area contributed by atoms with Crippen LogP contribution < -0.4 is 0 Å². The van der Waals surface area contributed by atoms with Crippen molar-refractivity contribution in [2.45, 2.75) is 76.2 Å². The molecule has 0 aromatic heterocycles. The largest absolute Gasteiger partial charge is 0.378 e. The number of rotatable bonds is 5. The van der Waals surface area contributed by atoms with E-state index in [4.69, 9.17) is 4.74 Å². The van der Waals surface area contributed by atoms with Crippen molar-refractivity contribution in [2.24, 2.45) is 5.92 Å². The Hall–Kier alpha value is -0.510. The van der Waals surface area contributed by atoms with Crippen molar-refractivity contribution in [3.05, 3.63) is 0 Å². The van der Waals surface area contributed by atoms with Crippen LogP contribution in [0.2, 0.25) is 0 Å². The Morgan fingerprint density at radius 2 is 2.05 bits per heavy atom. The van der Waals surface area contributed by atoms with E-state index in [1.807, 2.05) is 0 Å². The van der Waals surface area contributed by atoms with Gasteiger partial charge < -0.3 is 4.74 Å². The van der Waals surface area contributed by atoms with E-state index in [1.165, 1.54) is 6.42 Å². The molecule has 0 bridgehead atoms. The molecule has 4 heteroatoms. The molecular formula is C15H24F2O2. The maximum atomic E-state index is 13.3. The highest BCUT2D eigenvalue weighted by molar-refractivity contribution is 5.78. The number of alkyl halides is 2.